The van der Waals surface area contributed by atoms with Gasteiger partial charge in [-0.05, 0) is 44.4 Å². The van der Waals surface area contributed by atoms with Crippen molar-refractivity contribution in [1.29, 1.82) is 0 Å². The third kappa shape index (κ3) is 5.18. The number of rotatable bonds is 15. The van der Waals surface area contributed by atoms with Crippen LogP contribution >= 0.6 is 0 Å². The fourth-order valence-electron chi connectivity index (χ4n) is 7.03. The largest absolute Gasteiger partial charge is 0.465 e. The fraction of sp³-hybridized carbons (Fsp3) is 0.767. The Morgan fingerprint density at radius 2 is 2.00 bits per heavy atom. The number of nitrogens with zero attached hydrogens (tertiary/aromatic N) is 2. The molecule has 3 saturated heterocycles. The molecule has 8 heteroatoms. The first-order chi connectivity index (χ1) is 18.0. The first-order valence-electron chi connectivity index (χ1n) is 14.3. The van der Waals surface area contributed by atoms with Crippen LogP contribution in [-0.2, 0) is 23.9 Å². The molecule has 3 aliphatic rings. The van der Waals surface area contributed by atoms with Crippen LogP contribution in [0.4, 0.5) is 0 Å². The van der Waals surface area contributed by atoms with Crippen LogP contribution in [0.3, 0.4) is 0 Å². The summed E-state index contributed by atoms with van der Waals surface area (Å²) in [6.07, 6.45) is 7.76. The summed E-state index contributed by atoms with van der Waals surface area (Å²) in [6, 6.07) is -1.48. The molecule has 0 aromatic rings. The molecule has 3 heterocycles. The van der Waals surface area contributed by atoms with Crippen LogP contribution in [0.5, 0.6) is 0 Å². The second-order valence-electron chi connectivity index (χ2n) is 11.9. The molecule has 8 nitrogen and oxygen atoms in total. The van der Waals surface area contributed by atoms with E-state index in [2.05, 4.69) is 20.1 Å². The van der Waals surface area contributed by atoms with Gasteiger partial charge in [-0.25, -0.2) is 0 Å². The normalized spacial score (nSPS) is 32.4. The molecular formula is C30H48N2O6. The number of likely N-dealkylation sites (tertiary alicyclic amines) is 1. The summed E-state index contributed by atoms with van der Waals surface area (Å²) in [5.41, 5.74) is -2.08. The summed E-state index contributed by atoms with van der Waals surface area (Å²) >= 11 is 0. The summed E-state index contributed by atoms with van der Waals surface area (Å²) in [4.78, 5) is 45.6. The molecule has 3 fully saturated rings. The molecule has 0 aliphatic carbocycles. The highest BCUT2D eigenvalue weighted by Gasteiger charge is 2.80. The predicted molar refractivity (Wildman–Crippen MR) is 146 cm³/mol. The lowest BCUT2D eigenvalue weighted by molar-refractivity contribution is -0.163. The van der Waals surface area contributed by atoms with Crippen molar-refractivity contribution in [2.24, 2.45) is 23.7 Å². The highest BCUT2D eigenvalue weighted by molar-refractivity contribution is 5.98. The summed E-state index contributed by atoms with van der Waals surface area (Å²) < 4.78 is 12.4. The van der Waals surface area contributed by atoms with E-state index in [9.17, 15) is 19.5 Å². The van der Waals surface area contributed by atoms with Crippen LogP contribution < -0.4 is 0 Å². The van der Waals surface area contributed by atoms with E-state index < -0.39 is 41.1 Å². The smallest absolute Gasteiger partial charge is 0.312 e. The van der Waals surface area contributed by atoms with Crippen molar-refractivity contribution in [1.82, 2.24) is 9.80 Å². The maximum atomic E-state index is 14.4. The lowest BCUT2D eigenvalue weighted by atomic mass is 9.62. The van der Waals surface area contributed by atoms with Gasteiger partial charge in [0.2, 0.25) is 11.8 Å². The Morgan fingerprint density at radius 1 is 1.29 bits per heavy atom. The Labute approximate surface area is 228 Å². The zero-order valence-electron chi connectivity index (χ0n) is 24.0. The van der Waals surface area contributed by atoms with Gasteiger partial charge in [-0.15, -0.1) is 13.2 Å². The van der Waals surface area contributed by atoms with Gasteiger partial charge in [0.05, 0.1) is 30.8 Å². The predicted octanol–water partition coefficient (Wildman–Crippen LogP) is 3.73. The van der Waals surface area contributed by atoms with Crippen LogP contribution in [-0.4, -0.2) is 82.3 Å². The quantitative estimate of drug-likeness (QED) is 0.196. The van der Waals surface area contributed by atoms with Gasteiger partial charge < -0.3 is 24.4 Å². The van der Waals surface area contributed by atoms with Gasteiger partial charge in [0.1, 0.15) is 17.6 Å². The van der Waals surface area contributed by atoms with Gasteiger partial charge >= 0.3 is 5.97 Å². The van der Waals surface area contributed by atoms with Crippen LogP contribution in [0.2, 0.25) is 0 Å². The van der Waals surface area contributed by atoms with E-state index in [0.29, 0.717) is 32.4 Å². The minimum Gasteiger partial charge on any atom is -0.465 e. The van der Waals surface area contributed by atoms with E-state index in [1.807, 2.05) is 27.7 Å². The number of ether oxygens (including phenoxy) is 2. The fourth-order valence-corrected chi connectivity index (χ4v) is 7.03. The number of carbonyl (C=O) groups excluding carboxylic acids is 3. The van der Waals surface area contributed by atoms with Crippen LogP contribution in [0.1, 0.15) is 73.1 Å². The number of aliphatic hydroxyl groups is 1. The van der Waals surface area contributed by atoms with Crippen molar-refractivity contribution in [2.45, 2.75) is 96.4 Å². The molecule has 0 saturated carbocycles. The van der Waals surface area contributed by atoms with Crippen molar-refractivity contribution in [3.63, 3.8) is 0 Å². The van der Waals surface area contributed by atoms with E-state index in [-0.39, 0.29) is 36.9 Å². The molecule has 214 valence electrons. The molecule has 3 unspecified atom stereocenters. The maximum absolute atomic E-state index is 14.4. The van der Waals surface area contributed by atoms with Gasteiger partial charge in [0.25, 0.3) is 0 Å². The highest BCUT2D eigenvalue weighted by atomic mass is 16.6. The number of hydrogen-bond donors (Lipinski definition) is 1. The molecule has 3 aliphatic heterocycles. The van der Waals surface area contributed by atoms with Crippen molar-refractivity contribution in [3.8, 4) is 0 Å². The molecule has 2 amide bonds. The van der Waals surface area contributed by atoms with Crippen LogP contribution in [0, 0.1) is 23.7 Å². The Balaban J connectivity index is 2.10. The number of hydrogen-bond acceptors (Lipinski definition) is 6. The van der Waals surface area contributed by atoms with Crippen molar-refractivity contribution < 1.29 is 29.0 Å². The molecule has 1 spiro atoms. The SMILES string of the molecule is C=CCCOC(=O)[C@@H]1[C@H]2C(=O)N([C@@H](CO)CC(C)C)C(C(=O)N(CC=C)CCCCC)C23CC(C)[C@@]1(C)O3. The van der Waals surface area contributed by atoms with Gasteiger partial charge in [-0.3, -0.25) is 14.4 Å². The molecule has 2 bridgehead atoms. The van der Waals surface area contributed by atoms with Crippen LogP contribution in [0.25, 0.3) is 0 Å². The standard InChI is InChI=1S/C30H48N2O6/c1-8-11-13-15-31(14-10-3)27(35)25-30-18-21(6)29(7,38-30)24(28(36)37-16-12-9-2)23(30)26(34)32(25)22(19-33)17-20(4)5/h9-10,20-25,33H,2-3,8,11-19H2,1,4-7H3/t21?,22-,23+,24+,25?,29-,30?/m1/s1. The van der Waals surface area contributed by atoms with Crippen molar-refractivity contribution >= 4 is 17.8 Å². The number of carbonyl (C=O) groups is 3. The Hall–Kier alpha value is -2.19. The Kier molecular flexibility index (Phi) is 9.85. The summed E-state index contributed by atoms with van der Waals surface area (Å²) in [5.74, 6) is -2.50. The summed E-state index contributed by atoms with van der Waals surface area (Å²) in [5, 5.41) is 10.4. The average molecular weight is 533 g/mol. The average Bonchev–Trinajstić information content (AvgIpc) is 3.38. The minimum absolute atomic E-state index is 0.0654. The summed E-state index contributed by atoms with van der Waals surface area (Å²) in [7, 11) is 0. The Bertz CT molecular complexity index is 905. The van der Waals surface area contributed by atoms with E-state index >= 15 is 0 Å². The van der Waals surface area contributed by atoms with Gasteiger partial charge in [0.15, 0.2) is 0 Å². The third-order valence-corrected chi connectivity index (χ3v) is 8.85. The van der Waals surface area contributed by atoms with E-state index in [1.54, 1.807) is 22.0 Å². The third-order valence-electron chi connectivity index (χ3n) is 8.85. The van der Waals surface area contributed by atoms with Gasteiger partial charge in [-0.2, -0.15) is 0 Å². The van der Waals surface area contributed by atoms with Gasteiger partial charge in [-0.1, -0.05) is 52.7 Å². The van der Waals surface area contributed by atoms with Crippen molar-refractivity contribution in [2.75, 3.05) is 26.3 Å². The molecule has 0 aromatic heterocycles. The number of fused-ring (bicyclic) bond motifs is 1. The number of amides is 2. The first-order valence-corrected chi connectivity index (χ1v) is 14.3. The number of aliphatic hydroxyl groups excluding tert-OH is 1. The molecule has 38 heavy (non-hydrogen) atoms. The molecular weight excluding hydrogens is 484 g/mol. The molecule has 1 N–H and O–H groups in total. The first kappa shape index (κ1) is 30.4. The minimum atomic E-state index is -1.15. The van der Waals surface area contributed by atoms with E-state index in [0.717, 1.165) is 19.3 Å². The second-order valence-corrected chi connectivity index (χ2v) is 11.9. The molecule has 0 aromatic carbocycles. The van der Waals surface area contributed by atoms with Crippen LogP contribution in [0.15, 0.2) is 25.3 Å². The van der Waals surface area contributed by atoms with E-state index in [1.165, 1.54) is 0 Å². The number of esters is 1. The maximum Gasteiger partial charge on any atom is 0.312 e. The molecule has 0 radical (unpaired) electrons. The summed E-state index contributed by atoms with van der Waals surface area (Å²) in [6.45, 7) is 18.4. The highest BCUT2D eigenvalue weighted by Crippen LogP contribution is 2.65. The lowest BCUT2D eigenvalue weighted by Crippen LogP contribution is -2.59. The second kappa shape index (κ2) is 12.3. The topological polar surface area (TPSA) is 96.4 Å². The van der Waals surface area contributed by atoms with E-state index in [4.69, 9.17) is 9.47 Å². The van der Waals surface area contributed by atoms with Crippen molar-refractivity contribution in [3.05, 3.63) is 25.3 Å². The Morgan fingerprint density at radius 3 is 2.58 bits per heavy atom. The molecule has 3 rings (SSSR count). The van der Waals surface area contributed by atoms with Gasteiger partial charge in [0, 0.05) is 13.1 Å². The molecule has 7 atom stereocenters. The lowest BCUT2D eigenvalue weighted by Gasteiger charge is -2.40. The monoisotopic (exact) mass is 532 g/mol. The zero-order valence-corrected chi connectivity index (χ0v) is 24.0. The number of unbranched alkanes of at least 4 members (excludes halogenated alkanes) is 2. The zero-order chi connectivity index (χ0) is 28.3.